The van der Waals surface area contributed by atoms with Gasteiger partial charge in [0.2, 0.25) is 23.6 Å². The molecule has 0 aromatic heterocycles. The van der Waals surface area contributed by atoms with Gasteiger partial charge in [-0.05, 0) is 59.9 Å². The number of carbonyl (C=O) groups excluding carboxylic acids is 4. The van der Waals surface area contributed by atoms with Crippen molar-refractivity contribution in [2.24, 2.45) is 41.4 Å². The van der Waals surface area contributed by atoms with Crippen LogP contribution in [0.15, 0.2) is 96.6 Å². The standard InChI is InChI=1S/C34H24Cl2N2O4/c35-18-8-4-10-20(14-18)37-31(39)25-16-24(17-6-2-1-3-7-17)26-22-12-13-23(27(26)30(25)34(37)42)29-28(22)32(40)38(33(29)41)21-11-5-9-19(36)15-21/h1-15,22-23,25,27-30H,16H2/t22-,23-,25-,27+,28-,29+,30+/m1/s1. The van der Waals surface area contributed by atoms with Gasteiger partial charge in [-0.1, -0.05) is 83.4 Å². The first-order valence-corrected chi connectivity index (χ1v) is 14.8. The van der Waals surface area contributed by atoms with E-state index in [1.54, 1.807) is 48.5 Å². The Bertz CT molecular complexity index is 1780. The molecule has 3 aromatic carbocycles. The Labute approximate surface area is 252 Å². The van der Waals surface area contributed by atoms with Crippen molar-refractivity contribution >= 4 is 63.8 Å². The van der Waals surface area contributed by atoms with E-state index >= 15 is 0 Å². The molecule has 2 aliphatic heterocycles. The molecule has 2 heterocycles. The van der Waals surface area contributed by atoms with E-state index in [1.807, 2.05) is 42.5 Å². The SMILES string of the molecule is O=C1[C@@H]2[C@@H]3C(=C(c4ccccc4)C[C@H]2C(=O)N1c1cccc(Cl)c1)[C@H]1C=C[C@H]3[C@@H]2C(=O)N(c3cccc(Cl)c3)C(=O)[C@@H]21. The molecule has 6 aliphatic rings. The van der Waals surface area contributed by atoms with Crippen LogP contribution >= 0.6 is 23.2 Å². The van der Waals surface area contributed by atoms with Crippen LogP contribution in [0.2, 0.25) is 10.0 Å². The number of anilines is 2. The fourth-order valence-corrected chi connectivity index (χ4v) is 8.62. The summed E-state index contributed by atoms with van der Waals surface area (Å²) in [7, 11) is 0. The van der Waals surface area contributed by atoms with E-state index < -0.39 is 29.6 Å². The third-order valence-electron chi connectivity index (χ3n) is 9.76. The van der Waals surface area contributed by atoms with Gasteiger partial charge in [-0.2, -0.15) is 0 Å². The van der Waals surface area contributed by atoms with Gasteiger partial charge in [0, 0.05) is 21.9 Å². The maximum Gasteiger partial charge on any atom is 0.238 e. The van der Waals surface area contributed by atoms with Gasteiger partial charge in [0.1, 0.15) is 0 Å². The van der Waals surface area contributed by atoms with E-state index in [9.17, 15) is 19.2 Å². The molecule has 0 radical (unpaired) electrons. The molecule has 7 atom stereocenters. The highest BCUT2D eigenvalue weighted by Gasteiger charge is 2.67. The van der Waals surface area contributed by atoms with Crippen molar-refractivity contribution in [2.45, 2.75) is 6.42 Å². The molecule has 9 rings (SSSR count). The van der Waals surface area contributed by atoms with Crippen molar-refractivity contribution in [2.75, 3.05) is 9.80 Å². The van der Waals surface area contributed by atoms with Crippen molar-refractivity contribution < 1.29 is 19.2 Å². The van der Waals surface area contributed by atoms with E-state index in [-0.39, 0.29) is 35.5 Å². The molecule has 42 heavy (non-hydrogen) atoms. The van der Waals surface area contributed by atoms with Crippen LogP contribution in [-0.2, 0) is 19.2 Å². The Kier molecular flexibility index (Phi) is 5.66. The number of nitrogens with zero attached hydrogens (tertiary/aromatic N) is 2. The van der Waals surface area contributed by atoms with Gasteiger partial charge in [0.25, 0.3) is 0 Å². The molecule has 208 valence electrons. The molecule has 4 amide bonds. The summed E-state index contributed by atoms with van der Waals surface area (Å²) in [6, 6.07) is 23.4. The van der Waals surface area contributed by atoms with E-state index in [1.165, 1.54) is 9.80 Å². The van der Waals surface area contributed by atoms with Crippen LogP contribution in [0, 0.1) is 41.4 Å². The summed E-state index contributed by atoms with van der Waals surface area (Å²) in [5.41, 5.74) is 3.87. The summed E-state index contributed by atoms with van der Waals surface area (Å²) in [4.78, 5) is 58.9. The molecule has 2 saturated heterocycles. The second kappa shape index (κ2) is 9.25. The van der Waals surface area contributed by atoms with E-state index in [2.05, 4.69) is 0 Å². The summed E-state index contributed by atoms with van der Waals surface area (Å²) in [6.07, 6.45) is 4.44. The highest BCUT2D eigenvalue weighted by Crippen LogP contribution is 2.63. The van der Waals surface area contributed by atoms with Crippen LogP contribution in [0.3, 0.4) is 0 Å². The minimum atomic E-state index is -0.638. The maximum absolute atomic E-state index is 14.2. The fraction of sp³-hybridized carbons (Fsp3) is 0.235. The van der Waals surface area contributed by atoms with Gasteiger partial charge < -0.3 is 0 Å². The van der Waals surface area contributed by atoms with Crippen molar-refractivity contribution in [3.8, 4) is 0 Å². The number of amides is 4. The van der Waals surface area contributed by atoms with Gasteiger partial charge >= 0.3 is 0 Å². The van der Waals surface area contributed by atoms with E-state index in [0.717, 1.165) is 16.7 Å². The highest BCUT2D eigenvalue weighted by molar-refractivity contribution is 6.32. The molecule has 3 fully saturated rings. The van der Waals surface area contributed by atoms with Crippen LogP contribution in [-0.4, -0.2) is 23.6 Å². The molecule has 4 aliphatic carbocycles. The van der Waals surface area contributed by atoms with Crippen molar-refractivity contribution in [1.29, 1.82) is 0 Å². The maximum atomic E-state index is 14.2. The lowest BCUT2D eigenvalue weighted by atomic mass is 9.49. The van der Waals surface area contributed by atoms with Crippen molar-refractivity contribution in [3.05, 3.63) is 112 Å². The average molecular weight is 595 g/mol. The molecule has 1 saturated carbocycles. The number of allylic oxidation sites excluding steroid dienone is 4. The predicted molar refractivity (Wildman–Crippen MR) is 159 cm³/mol. The van der Waals surface area contributed by atoms with Gasteiger partial charge in [-0.15, -0.1) is 0 Å². The fourth-order valence-electron chi connectivity index (χ4n) is 8.26. The smallest absolute Gasteiger partial charge is 0.238 e. The second-order valence-electron chi connectivity index (χ2n) is 11.7. The Morgan fingerprint density at radius 1 is 0.595 bits per heavy atom. The number of halogens is 2. The predicted octanol–water partition coefficient (Wildman–Crippen LogP) is 6.19. The van der Waals surface area contributed by atoms with Crippen LogP contribution in [0.1, 0.15) is 12.0 Å². The van der Waals surface area contributed by atoms with Gasteiger partial charge in [0.15, 0.2) is 0 Å². The topological polar surface area (TPSA) is 74.8 Å². The highest BCUT2D eigenvalue weighted by atomic mass is 35.5. The lowest BCUT2D eigenvalue weighted by Crippen LogP contribution is -2.51. The first-order valence-electron chi connectivity index (χ1n) is 14.1. The Morgan fingerprint density at radius 2 is 1.19 bits per heavy atom. The summed E-state index contributed by atoms with van der Waals surface area (Å²) in [5, 5.41) is 0.872. The number of fused-ring (bicyclic) bond motifs is 1. The summed E-state index contributed by atoms with van der Waals surface area (Å²) < 4.78 is 0. The lowest BCUT2D eigenvalue weighted by Gasteiger charge is -2.51. The molecule has 3 aromatic rings. The minimum Gasteiger partial charge on any atom is -0.274 e. The van der Waals surface area contributed by atoms with Crippen LogP contribution in [0.5, 0.6) is 0 Å². The molecule has 0 unspecified atom stereocenters. The Morgan fingerprint density at radius 3 is 1.83 bits per heavy atom. The molecule has 0 spiro atoms. The van der Waals surface area contributed by atoms with Gasteiger partial charge in [-0.3, -0.25) is 19.2 Å². The number of benzene rings is 3. The zero-order valence-corrected chi connectivity index (χ0v) is 23.7. The van der Waals surface area contributed by atoms with Gasteiger partial charge in [0.05, 0.1) is 35.0 Å². The normalized spacial score (nSPS) is 31.1. The van der Waals surface area contributed by atoms with Crippen LogP contribution in [0.4, 0.5) is 11.4 Å². The van der Waals surface area contributed by atoms with Crippen molar-refractivity contribution in [1.82, 2.24) is 0 Å². The Balaban J connectivity index is 1.29. The van der Waals surface area contributed by atoms with Crippen LogP contribution in [0.25, 0.3) is 5.57 Å². The first-order chi connectivity index (χ1) is 20.3. The quantitative estimate of drug-likeness (QED) is 0.267. The number of rotatable bonds is 3. The first kappa shape index (κ1) is 25.7. The second-order valence-corrected chi connectivity index (χ2v) is 12.6. The van der Waals surface area contributed by atoms with E-state index in [0.29, 0.717) is 27.8 Å². The van der Waals surface area contributed by atoms with Gasteiger partial charge in [-0.25, -0.2) is 9.80 Å². The molecular formula is C34H24Cl2N2O4. The Hall–Kier alpha value is -4.00. The van der Waals surface area contributed by atoms with Crippen LogP contribution < -0.4 is 9.80 Å². The third kappa shape index (κ3) is 3.45. The zero-order valence-electron chi connectivity index (χ0n) is 22.2. The lowest BCUT2D eigenvalue weighted by molar-refractivity contribution is -0.129. The molecular weight excluding hydrogens is 571 g/mol. The number of carbonyl (C=O) groups is 4. The van der Waals surface area contributed by atoms with Crippen molar-refractivity contribution in [3.63, 3.8) is 0 Å². The monoisotopic (exact) mass is 594 g/mol. The average Bonchev–Trinajstić information content (AvgIpc) is 3.42. The molecule has 0 N–H and O–H groups in total. The van der Waals surface area contributed by atoms with E-state index in [4.69, 9.17) is 23.2 Å². The molecule has 2 bridgehead atoms. The third-order valence-corrected chi connectivity index (χ3v) is 10.2. The number of hydrogen-bond donors (Lipinski definition) is 0. The summed E-state index contributed by atoms with van der Waals surface area (Å²) >= 11 is 12.5. The molecule has 8 heteroatoms. The zero-order chi connectivity index (χ0) is 28.9. The summed E-state index contributed by atoms with van der Waals surface area (Å²) in [5.74, 6) is -4.63. The minimum absolute atomic E-state index is 0.249. The number of imide groups is 2. The molecule has 6 nitrogen and oxygen atoms in total. The number of hydrogen-bond acceptors (Lipinski definition) is 4. The summed E-state index contributed by atoms with van der Waals surface area (Å²) in [6.45, 7) is 0. The largest absolute Gasteiger partial charge is 0.274 e.